The first-order valence-corrected chi connectivity index (χ1v) is 9.26. The van der Waals surface area contributed by atoms with Crippen LogP contribution in [0.2, 0.25) is 0 Å². The Morgan fingerprint density at radius 1 is 1.14 bits per heavy atom. The van der Waals surface area contributed by atoms with Crippen LogP contribution < -0.4 is 15.6 Å². The van der Waals surface area contributed by atoms with Crippen molar-refractivity contribution in [1.29, 1.82) is 0 Å². The Kier molecular flexibility index (Phi) is 6.51. The number of hydrogen-bond donors (Lipinski definition) is 2. The molecule has 1 heterocycles. The van der Waals surface area contributed by atoms with Gasteiger partial charge in [0.25, 0.3) is 11.8 Å². The molecule has 0 aliphatic rings. The van der Waals surface area contributed by atoms with E-state index in [1.54, 1.807) is 0 Å². The van der Waals surface area contributed by atoms with Gasteiger partial charge in [-0.15, -0.1) is 11.3 Å². The number of carbonyl (C=O) groups excluding carboxylic acids is 2. The molecule has 3 aromatic rings. The zero-order valence-corrected chi connectivity index (χ0v) is 15.8. The second-order valence-corrected chi connectivity index (χ2v) is 6.93. The van der Waals surface area contributed by atoms with Crippen LogP contribution in [0.1, 0.15) is 11.9 Å². The largest absolute Gasteiger partial charge is 0.481 e. The molecule has 146 valence electrons. The van der Waals surface area contributed by atoms with Crippen LogP contribution in [0.5, 0.6) is 5.75 Å². The summed E-state index contributed by atoms with van der Waals surface area (Å²) in [5, 5.41) is 0.763. The number of para-hydroxylation sites is 1. The first kappa shape index (κ1) is 19.7. The first-order chi connectivity index (χ1) is 13.5. The second kappa shape index (κ2) is 9.25. The van der Waals surface area contributed by atoms with Gasteiger partial charge in [0.15, 0.2) is 6.10 Å². The van der Waals surface area contributed by atoms with Crippen molar-refractivity contribution in [2.24, 2.45) is 0 Å². The monoisotopic (exact) mass is 403 g/mol. The fourth-order valence-electron chi connectivity index (χ4n) is 2.25. The third-order valence-electron chi connectivity index (χ3n) is 3.62. The van der Waals surface area contributed by atoms with Gasteiger partial charge in [-0.1, -0.05) is 12.1 Å². The van der Waals surface area contributed by atoms with E-state index in [0.717, 1.165) is 15.2 Å². The molecule has 9 heteroatoms. The van der Waals surface area contributed by atoms with Gasteiger partial charge in [0.05, 0.1) is 16.8 Å². The van der Waals surface area contributed by atoms with Crippen LogP contribution in [0.3, 0.4) is 0 Å². The molecule has 28 heavy (non-hydrogen) atoms. The lowest BCUT2D eigenvalue weighted by molar-refractivity contribution is -0.134. The lowest BCUT2D eigenvalue weighted by Gasteiger charge is -2.15. The average molecular weight is 403 g/mol. The van der Waals surface area contributed by atoms with E-state index in [4.69, 9.17) is 9.47 Å². The molecule has 3 rings (SSSR count). The smallest absolute Gasteiger partial charge is 0.279 e. The van der Waals surface area contributed by atoms with Gasteiger partial charge < -0.3 is 9.47 Å². The summed E-state index contributed by atoms with van der Waals surface area (Å²) in [5.74, 6) is -1.12. The van der Waals surface area contributed by atoms with E-state index in [9.17, 15) is 14.0 Å². The minimum atomic E-state index is -0.880. The van der Waals surface area contributed by atoms with Crippen molar-refractivity contribution >= 4 is 33.4 Å². The molecule has 0 fully saturated rings. The number of nitrogens with one attached hydrogen (secondary N) is 2. The van der Waals surface area contributed by atoms with Crippen LogP contribution in [0.4, 0.5) is 4.39 Å². The molecule has 0 aliphatic carbocycles. The average Bonchev–Trinajstić information content (AvgIpc) is 3.10. The van der Waals surface area contributed by atoms with Gasteiger partial charge >= 0.3 is 0 Å². The van der Waals surface area contributed by atoms with Gasteiger partial charge in [-0.25, -0.2) is 9.37 Å². The number of thiazole rings is 1. The fraction of sp³-hybridized carbons (Fsp3) is 0.211. The maximum atomic E-state index is 12.9. The fourth-order valence-corrected chi connectivity index (χ4v) is 3.16. The molecule has 2 N–H and O–H groups in total. The van der Waals surface area contributed by atoms with Crippen LogP contribution in [0.15, 0.2) is 48.5 Å². The van der Waals surface area contributed by atoms with Gasteiger partial charge in [-0.2, -0.15) is 0 Å². The molecule has 2 amide bonds. The molecule has 0 aliphatic heterocycles. The highest BCUT2D eigenvalue weighted by molar-refractivity contribution is 7.18. The number of nitrogens with zero attached hydrogens (tertiary/aromatic N) is 1. The Bertz CT molecular complexity index is 928. The number of benzene rings is 2. The van der Waals surface area contributed by atoms with Gasteiger partial charge in [0.2, 0.25) is 0 Å². The lowest BCUT2D eigenvalue weighted by atomic mass is 10.3. The maximum absolute atomic E-state index is 12.9. The van der Waals surface area contributed by atoms with Crippen molar-refractivity contribution in [3.8, 4) is 5.75 Å². The highest BCUT2D eigenvalue weighted by atomic mass is 32.1. The molecule has 7 nitrogen and oxygen atoms in total. The first-order valence-electron chi connectivity index (χ1n) is 8.44. The third-order valence-corrected chi connectivity index (χ3v) is 4.63. The Morgan fingerprint density at radius 3 is 2.64 bits per heavy atom. The molecular formula is C19H18FN3O4S. The second-order valence-electron chi connectivity index (χ2n) is 5.82. The van der Waals surface area contributed by atoms with Crippen LogP contribution in [-0.2, 0) is 20.9 Å². The highest BCUT2D eigenvalue weighted by Crippen LogP contribution is 2.21. The number of aromatic nitrogens is 1. The number of hydrogen-bond acceptors (Lipinski definition) is 6. The predicted octanol–water partition coefficient (Wildman–Crippen LogP) is 2.57. The maximum Gasteiger partial charge on any atom is 0.279 e. The topological polar surface area (TPSA) is 89.6 Å². The van der Waals surface area contributed by atoms with Crippen LogP contribution in [0, 0.1) is 5.82 Å². The predicted molar refractivity (Wildman–Crippen MR) is 102 cm³/mol. The minimum Gasteiger partial charge on any atom is -0.481 e. The van der Waals surface area contributed by atoms with Crippen molar-refractivity contribution < 1.29 is 23.5 Å². The molecular weight excluding hydrogens is 385 g/mol. The van der Waals surface area contributed by atoms with E-state index < -0.39 is 23.7 Å². The standard InChI is InChI=1S/C19H18FN3O4S/c1-12(27-14-8-6-13(20)7-9-14)19(25)23-22-17(24)10-26-11-18-21-15-4-2-3-5-16(15)28-18/h2-9,12H,10-11H2,1H3,(H,22,24)(H,23,25)/t12-/m1/s1. The summed E-state index contributed by atoms with van der Waals surface area (Å²) in [6.45, 7) is 1.47. The van der Waals surface area contributed by atoms with Gasteiger partial charge in [-0.05, 0) is 43.3 Å². The summed E-state index contributed by atoms with van der Waals surface area (Å²) in [4.78, 5) is 28.1. The number of rotatable bonds is 7. The summed E-state index contributed by atoms with van der Waals surface area (Å²) in [6.07, 6.45) is -0.880. The van der Waals surface area contributed by atoms with E-state index in [-0.39, 0.29) is 13.2 Å². The molecule has 0 radical (unpaired) electrons. The number of fused-ring (bicyclic) bond motifs is 1. The van der Waals surface area contributed by atoms with E-state index >= 15 is 0 Å². The molecule has 0 saturated heterocycles. The Morgan fingerprint density at radius 2 is 1.89 bits per heavy atom. The number of amides is 2. The van der Waals surface area contributed by atoms with Crippen molar-refractivity contribution in [2.75, 3.05) is 6.61 Å². The summed E-state index contributed by atoms with van der Waals surface area (Å²) in [7, 11) is 0. The van der Waals surface area contributed by atoms with Crippen molar-refractivity contribution in [3.05, 3.63) is 59.4 Å². The molecule has 1 aromatic heterocycles. The van der Waals surface area contributed by atoms with Gasteiger partial charge in [-0.3, -0.25) is 20.4 Å². The Hall–Kier alpha value is -3.04. The molecule has 1 atom stereocenters. The van der Waals surface area contributed by atoms with Crippen molar-refractivity contribution in [2.45, 2.75) is 19.6 Å². The molecule has 0 bridgehead atoms. The third kappa shape index (κ3) is 5.48. The summed E-state index contributed by atoms with van der Waals surface area (Å²) in [6, 6.07) is 13.0. The van der Waals surface area contributed by atoms with E-state index in [0.29, 0.717) is 5.75 Å². The van der Waals surface area contributed by atoms with Gasteiger partial charge in [0, 0.05) is 0 Å². The van der Waals surface area contributed by atoms with Crippen LogP contribution in [0.25, 0.3) is 10.2 Å². The molecule has 0 unspecified atom stereocenters. The highest BCUT2D eigenvalue weighted by Gasteiger charge is 2.15. The minimum absolute atomic E-state index is 0.199. The van der Waals surface area contributed by atoms with Gasteiger partial charge in [0.1, 0.15) is 23.2 Å². The van der Waals surface area contributed by atoms with Crippen molar-refractivity contribution in [3.63, 3.8) is 0 Å². The Balaban J connectivity index is 1.37. The zero-order chi connectivity index (χ0) is 19.9. The summed E-state index contributed by atoms with van der Waals surface area (Å²) in [5.41, 5.74) is 5.39. The number of carbonyl (C=O) groups is 2. The lowest BCUT2D eigenvalue weighted by Crippen LogP contribution is -2.48. The molecule has 2 aromatic carbocycles. The zero-order valence-electron chi connectivity index (χ0n) is 15.0. The number of ether oxygens (including phenoxy) is 2. The summed E-state index contributed by atoms with van der Waals surface area (Å²) < 4.78 is 24.6. The molecule has 0 spiro atoms. The van der Waals surface area contributed by atoms with Crippen LogP contribution >= 0.6 is 11.3 Å². The summed E-state index contributed by atoms with van der Waals surface area (Å²) >= 11 is 1.50. The number of halogens is 1. The van der Waals surface area contributed by atoms with E-state index in [1.165, 1.54) is 42.5 Å². The van der Waals surface area contributed by atoms with E-state index in [1.807, 2.05) is 24.3 Å². The van der Waals surface area contributed by atoms with Crippen LogP contribution in [-0.4, -0.2) is 29.5 Å². The van der Waals surface area contributed by atoms with E-state index in [2.05, 4.69) is 15.8 Å². The SMILES string of the molecule is C[C@@H](Oc1ccc(F)cc1)C(=O)NNC(=O)COCc1nc2ccccc2s1. The van der Waals surface area contributed by atoms with Crippen molar-refractivity contribution in [1.82, 2.24) is 15.8 Å². The Labute approximate surface area is 164 Å². The molecule has 0 saturated carbocycles. The normalized spacial score (nSPS) is 11.8. The number of hydrazine groups is 1. The quantitative estimate of drug-likeness (QED) is 0.592.